The number of aromatic amines is 1. The fourth-order valence-corrected chi connectivity index (χ4v) is 4.39. The molecule has 0 bridgehead atoms. The Morgan fingerprint density at radius 3 is 2.62 bits per heavy atom. The summed E-state index contributed by atoms with van der Waals surface area (Å²) in [5, 5.41) is 6.41. The van der Waals surface area contributed by atoms with E-state index in [0.717, 1.165) is 53.2 Å². The third-order valence-corrected chi connectivity index (χ3v) is 6.50. The Hall–Kier alpha value is -3.41. The Morgan fingerprint density at radius 2 is 1.91 bits per heavy atom. The van der Waals surface area contributed by atoms with E-state index in [1.54, 1.807) is 6.20 Å². The number of rotatable bonds is 6. The predicted molar refractivity (Wildman–Crippen MR) is 126 cm³/mol. The summed E-state index contributed by atoms with van der Waals surface area (Å²) in [6.07, 6.45) is 4.99. The Kier molecular flexibility index (Phi) is 5.29. The lowest BCUT2D eigenvalue weighted by molar-refractivity contribution is -0.117. The zero-order valence-corrected chi connectivity index (χ0v) is 18.4. The van der Waals surface area contributed by atoms with Crippen LogP contribution in [0.4, 0.5) is 17.2 Å². The van der Waals surface area contributed by atoms with E-state index in [2.05, 4.69) is 34.4 Å². The molecule has 2 aliphatic rings. The van der Waals surface area contributed by atoms with Gasteiger partial charge < -0.3 is 15.6 Å². The molecule has 6 nitrogen and oxygen atoms in total. The molecule has 5 rings (SSSR count). The molecule has 2 aliphatic carbocycles. The van der Waals surface area contributed by atoms with E-state index >= 15 is 0 Å². The minimum absolute atomic E-state index is 0.0259. The first-order chi connectivity index (χ1) is 15.5. The molecule has 3 N–H and O–H groups in total. The maximum absolute atomic E-state index is 13.2. The van der Waals surface area contributed by atoms with Crippen LogP contribution in [-0.4, -0.2) is 21.7 Å². The van der Waals surface area contributed by atoms with Crippen molar-refractivity contribution in [2.24, 2.45) is 17.8 Å². The maximum Gasteiger partial charge on any atom is 0.228 e. The van der Waals surface area contributed by atoms with Crippen LogP contribution in [0.1, 0.15) is 49.2 Å². The normalized spacial score (nSPS) is 17.8. The van der Waals surface area contributed by atoms with Crippen molar-refractivity contribution >= 4 is 28.9 Å². The van der Waals surface area contributed by atoms with Crippen molar-refractivity contribution in [3.8, 4) is 11.3 Å². The number of carbonyl (C=O) groups excluding carboxylic acids is 2. The summed E-state index contributed by atoms with van der Waals surface area (Å²) in [5.41, 5.74) is 5.18. The third-order valence-electron chi connectivity index (χ3n) is 6.50. The summed E-state index contributed by atoms with van der Waals surface area (Å²) in [6.45, 7) is 4.35. The largest absolute Gasteiger partial charge is 0.356 e. The minimum atomic E-state index is 0.0259. The van der Waals surface area contributed by atoms with Crippen molar-refractivity contribution in [3.05, 3.63) is 59.9 Å². The molecule has 0 radical (unpaired) electrons. The molecule has 0 aliphatic heterocycles. The van der Waals surface area contributed by atoms with Gasteiger partial charge in [-0.15, -0.1) is 0 Å². The van der Waals surface area contributed by atoms with E-state index in [9.17, 15) is 9.59 Å². The number of H-pyrrole nitrogens is 1. The summed E-state index contributed by atoms with van der Waals surface area (Å²) in [4.78, 5) is 33.3. The molecule has 1 amide bonds. The number of ketones is 1. The molecule has 1 aromatic carbocycles. The number of carbonyl (C=O) groups is 2. The van der Waals surface area contributed by atoms with Crippen LogP contribution in [0.3, 0.4) is 0 Å². The van der Waals surface area contributed by atoms with Crippen molar-refractivity contribution in [3.63, 3.8) is 0 Å². The molecule has 164 valence electrons. The summed E-state index contributed by atoms with van der Waals surface area (Å²) in [7, 11) is 0. The number of para-hydroxylation sites is 1. The molecule has 1 atom stereocenters. The topological polar surface area (TPSA) is 86.9 Å². The summed E-state index contributed by atoms with van der Waals surface area (Å²) in [6, 6.07) is 13.7. The van der Waals surface area contributed by atoms with Gasteiger partial charge in [0.15, 0.2) is 5.78 Å². The number of fused-ring (bicyclic) bond motifs is 1. The predicted octanol–water partition coefficient (Wildman–Crippen LogP) is 5.57. The number of pyridine rings is 1. The Morgan fingerprint density at radius 1 is 1.12 bits per heavy atom. The molecule has 1 saturated carbocycles. The van der Waals surface area contributed by atoms with E-state index in [4.69, 9.17) is 0 Å². The van der Waals surface area contributed by atoms with E-state index in [1.807, 2.05) is 42.5 Å². The molecule has 1 fully saturated rings. The van der Waals surface area contributed by atoms with Gasteiger partial charge in [0.1, 0.15) is 5.82 Å². The Balaban J connectivity index is 1.56. The standard InChI is InChI=1S/C26H28N4O2/c1-15(2)18-12-20-23(21(31)13-18)25(28-19-6-4-3-5-7-19)24(29-20)17-10-11-27-22(14-17)30-26(32)16-8-9-16/h3-7,10-11,14-16,18,28-29H,8-9,12-13H2,1-2H3,(H,27,30,32). The van der Waals surface area contributed by atoms with Gasteiger partial charge in [0.2, 0.25) is 5.91 Å². The quantitative estimate of drug-likeness (QED) is 0.479. The molecule has 2 aromatic heterocycles. The van der Waals surface area contributed by atoms with Gasteiger partial charge in [0, 0.05) is 35.5 Å². The Bertz CT molecular complexity index is 1160. The lowest BCUT2D eigenvalue weighted by Gasteiger charge is -2.25. The minimum Gasteiger partial charge on any atom is -0.356 e. The van der Waals surface area contributed by atoms with Gasteiger partial charge in [-0.25, -0.2) is 4.98 Å². The maximum atomic E-state index is 13.2. The number of nitrogens with zero attached hydrogens (tertiary/aromatic N) is 1. The van der Waals surface area contributed by atoms with Gasteiger partial charge in [0.05, 0.1) is 16.9 Å². The zero-order valence-electron chi connectivity index (χ0n) is 18.4. The molecule has 3 aromatic rings. The summed E-state index contributed by atoms with van der Waals surface area (Å²) >= 11 is 0. The van der Waals surface area contributed by atoms with Crippen LogP contribution in [0, 0.1) is 17.8 Å². The molecule has 6 heteroatoms. The second kappa shape index (κ2) is 8.26. The van der Waals surface area contributed by atoms with E-state index in [1.165, 1.54) is 0 Å². The number of aromatic nitrogens is 2. The monoisotopic (exact) mass is 428 g/mol. The number of amides is 1. The van der Waals surface area contributed by atoms with E-state index in [0.29, 0.717) is 24.1 Å². The number of anilines is 3. The third kappa shape index (κ3) is 4.05. The van der Waals surface area contributed by atoms with Crippen molar-refractivity contribution < 1.29 is 9.59 Å². The number of hydrogen-bond donors (Lipinski definition) is 3. The number of nitrogens with one attached hydrogen (secondary N) is 3. The van der Waals surface area contributed by atoms with Crippen LogP contribution in [0.25, 0.3) is 11.3 Å². The number of benzene rings is 1. The lowest BCUT2D eigenvalue weighted by Crippen LogP contribution is -2.23. The van der Waals surface area contributed by atoms with Crippen LogP contribution in [0.2, 0.25) is 0 Å². The lowest BCUT2D eigenvalue weighted by atomic mass is 9.80. The van der Waals surface area contributed by atoms with Crippen LogP contribution in [-0.2, 0) is 11.2 Å². The second-order valence-corrected chi connectivity index (χ2v) is 9.25. The fourth-order valence-electron chi connectivity index (χ4n) is 4.39. The number of hydrogen-bond acceptors (Lipinski definition) is 4. The van der Waals surface area contributed by atoms with Crippen LogP contribution >= 0.6 is 0 Å². The molecule has 2 heterocycles. The average Bonchev–Trinajstić information content (AvgIpc) is 3.57. The molecule has 1 unspecified atom stereocenters. The summed E-state index contributed by atoms with van der Waals surface area (Å²) in [5.74, 6) is 1.61. The number of Topliss-reactive ketones (excluding diaryl/α,β-unsaturated/α-hetero) is 1. The van der Waals surface area contributed by atoms with E-state index in [-0.39, 0.29) is 17.6 Å². The highest BCUT2D eigenvalue weighted by Gasteiger charge is 2.33. The molecular formula is C26H28N4O2. The van der Waals surface area contributed by atoms with Gasteiger partial charge >= 0.3 is 0 Å². The van der Waals surface area contributed by atoms with Gasteiger partial charge in [0.25, 0.3) is 0 Å². The molecule has 32 heavy (non-hydrogen) atoms. The first kappa shape index (κ1) is 20.5. The van der Waals surface area contributed by atoms with Crippen LogP contribution in [0.15, 0.2) is 48.7 Å². The van der Waals surface area contributed by atoms with Crippen molar-refractivity contribution in [2.45, 2.75) is 39.5 Å². The van der Waals surface area contributed by atoms with Crippen LogP contribution < -0.4 is 10.6 Å². The van der Waals surface area contributed by atoms with Crippen molar-refractivity contribution in [1.29, 1.82) is 0 Å². The molecule has 0 saturated heterocycles. The highest BCUT2D eigenvalue weighted by Crippen LogP contribution is 2.41. The highest BCUT2D eigenvalue weighted by molar-refractivity contribution is 6.07. The van der Waals surface area contributed by atoms with Crippen molar-refractivity contribution in [1.82, 2.24) is 9.97 Å². The zero-order chi connectivity index (χ0) is 22.2. The SMILES string of the molecule is CC(C)C1CC(=O)c2c([nH]c(-c3ccnc(NC(=O)C4CC4)c3)c2Nc2ccccc2)C1. The molecule has 0 spiro atoms. The Labute approximate surface area is 187 Å². The average molecular weight is 429 g/mol. The van der Waals surface area contributed by atoms with E-state index < -0.39 is 0 Å². The first-order valence-electron chi connectivity index (χ1n) is 11.4. The highest BCUT2D eigenvalue weighted by atomic mass is 16.2. The van der Waals surface area contributed by atoms with Gasteiger partial charge in [-0.1, -0.05) is 32.0 Å². The fraction of sp³-hybridized carbons (Fsp3) is 0.346. The second-order valence-electron chi connectivity index (χ2n) is 9.25. The smallest absolute Gasteiger partial charge is 0.228 e. The molecular weight excluding hydrogens is 400 g/mol. The van der Waals surface area contributed by atoms with Gasteiger partial charge in [-0.2, -0.15) is 0 Å². The van der Waals surface area contributed by atoms with Crippen molar-refractivity contribution in [2.75, 3.05) is 10.6 Å². The first-order valence-corrected chi connectivity index (χ1v) is 11.4. The van der Waals surface area contributed by atoms with Gasteiger partial charge in [-0.05, 0) is 55.4 Å². The van der Waals surface area contributed by atoms with Gasteiger partial charge in [-0.3, -0.25) is 9.59 Å². The van der Waals surface area contributed by atoms with Crippen LogP contribution in [0.5, 0.6) is 0 Å². The summed E-state index contributed by atoms with van der Waals surface area (Å²) < 4.78 is 0.